The van der Waals surface area contributed by atoms with Gasteiger partial charge in [-0.25, -0.2) is 4.79 Å². The SMILES string of the molecule is CCCCCC=O.COc1ccc(C=NC(=O)OC(C)(C)C)cc1. The fourth-order valence-corrected chi connectivity index (χ4v) is 1.58. The van der Waals surface area contributed by atoms with E-state index in [9.17, 15) is 9.59 Å². The van der Waals surface area contributed by atoms with Crippen molar-refractivity contribution < 1.29 is 19.1 Å². The monoisotopic (exact) mass is 335 g/mol. The van der Waals surface area contributed by atoms with Gasteiger partial charge in [0.1, 0.15) is 17.6 Å². The molecule has 0 aromatic heterocycles. The summed E-state index contributed by atoms with van der Waals surface area (Å²) in [6.07, 6.45) is 6.07. The third-order valence-electron chi connectivity index (χ3n) is 2.75. The standard InChI is InChI=1S/C13H17NO3.C6H12O/c1-13(2,3)17-12(15)14-9-10-5-7-11(16-4)8-6-10;1-2-3-4-5-6-7/h5-9H,1-4H3;6H,2-5H2,1H3. The molecule has 134 valence electrons. The fraction of sp³-hybridized carbons (Fsp3) is 0.526. The van der Waals surface area contributed by atoms with Gasteiger partial charge in [-0.1, -0.05) is 19.8 Å². The Morgan fingerprint density at radius 2 is 1.79 bits per heavy atom. The molecule has 1 aromatic rings. The van der Waals surface area contributed by atoms with E-state index in [1.807, 2.05) is 12.1 Å². The van der Waals surface area contributed by atoms with Gasteiger partial charge < -0.3 is 14.3 Å². The Morgan fingerprint density at radius 3 is 2.25 bits per heavy atom. The Kier molecular flexibility index (Phi) is 11.2. The number of unbranched alkanes of at least 4 members (excludes halogenated alkanes) is 3. The molecular formula is C19H29NO4. The van der Waals surface area contributed by atoms with E-state index in [2.05, 4.69) is 11.9 Å². The summed E-state index contributed by atoms with van der Waals surface area (Å²) in [6, 6.07) is 7.23. The number of hydrogen-bond donors (Lipinski definition) is 0. The van der Waals surface area contributed by atoms with Crippen molar-refractivity contribution in [2.75, 3.05) is 7.11 Å². The normalized spacial score (nSPS) is 10.7. The average Bonchev–Trinajstić information content (AvgIpc) is 2.53. The second kappa shape index (κ2) is 12.3. The quantitative estimate of drug-likeness (QED) is 0.425. The van der Waals surface area contributed by atoms with Crippen LogP contribution in [0.4, 0.5) is 4.79 Å². The van der Waals surface area contributed by atoms with Crippen LogP contribution in [0.1, 0.15) is 58.9 Å². The van der Waals surface area contributed by atoms with Crippen molar-refractivity contribution in [1.29, 1.82) is 0 Å². The molecule has 0 aliphatic heterocycles. The second-order valence-electron chi connectivity index (χ2n) is 6.17. The molecule has 1 amide bonds. The number of rotatable bonds is 6. The van der Waals surface area contributed by atoms with Gasteiger partial charge in [-0.3, -0.25) is 0 Å². The highest BCUT2D eigenvalue weighted by molar-refractivity contribution is 5.89. The third kappa shape index (κ3) is 12.4. The minimum Gasteiger partial charge on any atom is -0.497 e. The molecular weight excluding hydrogens is 306 g/mol. The Hall–Kier alpha value is -2.17. The zero-order valence-corrected chi connectivity index (χ0v) is 15.4. The van der Waals surface area contributed by atoms with E-state index >= 15 is 0 Å². The third-order valence-corrected chi connectivity index (χ3v) is 2.75. The maximum atomic E-state index is 11.3. The first-order valence-electron chi connectivity index (χ1n) is 8.17. The number of amides is 1. The second-order valence-corrected chi connectivity index (χ2v) is 6.17. The first-order chi connectivity index (χ1) is 11.3. The van der Waals surface area contributed by atoms with Gasteiger partial charge in [0.05, 0.1) is 7.11 Å². The van der Waals surface area contributed by atoms with Crippen LogP contribution in [-0.2, 0) is 9.53 Å². The average molecular weight is 335 g/mol. The van der Waals surface area contributed by atoms with E-state index in [4.69, 9.17) is 9.47 Å². The van der Waals surface area contributed by atoms with Gasteiger partial charge in [-0.15, -0.1) is 0 Å². The topological polar surface area (TPSA) is 65.0 Å². The summed E-state index contributed by atoms with van der Waals surface area (Å²) in [6.45, 7) is 7.53. The van der Waals surface area contributed by atoms with Gasteiger partial charge in [0.2, 0.25) is 0 Å². The molecule has 0 aliphatic rings. The van der Waals surface area contributed by atoms with Crippen molar-refractivity contribution in [3.05, 3.63) is 29.8 Å². The predicted octanol–water partition coefficient (Wildman–Crippen LogP) is 4.81. The fourth-order valence-electron chi connectivity index (χ4n) is 1.58. The van der Waals surface area contributed by atoms with Crippen molar-refractivity contribution in [3.63, 3.8) is 0 Å². The van der Waals surface area contributed by atoms with Gasteiger partial charge in [-0.05, 0) is 57.0 Å². The van der Waals surface area contributed by atoms with Gasteiger partial charge in [0.25, 0.3) is 0 Å². The molecule has 0 saturated heterocycles. The summed E-state index contributed by atoms with van der Waals surface area (Å²) in [5.74, 6) is 0.763. The molecule has 5 heteroatoms. The van der Waals surface area contributed by atoms with Crippen LogP contribution in [0.25, 0.3) is 0 Å². The lowest BCUT2D eigenvalue weighted by molar-refractivity contribution is -0.107. The van der Waals surface area contributed by atoms with Crippen LogP contribution < -0.4 is 4.74 Å². The minimum absolute atomic E-state index is 0.520. The molecule has 0 N–H and O–H groups in total. The summed E-state index contributed by atoms with van der Waals surface area (Å²) in [4.78, 5) is 24.7. The number of carbonyl (C=O) groups excluding carboxylic acids is 2. The molecule has 1 rings (SSSR count). The van der Waals surface area contributed by atoms with Crippen LogP contribution in [0.5, 0.6) is 5.75 Å². The molecule has 0 spiro atoms. The maximum Gasteiger partial charge on any atom is 0.434 e. The van der Waals surface area contributed by atoms with E-state index < -0.39 is 11.7 Å². The highest BCUT2D eigenvalue weighted by Crippen LogP contribution is 2.11. The lowest BCUT2D eigenvalue weighted by Crippen LogP contribution is -2.21. The van der Waals surface area contributed by atoms with E-state index in [0.29, 0.717) is 0 Å². The lowest BCUT2D eigenvalue weighted by Gasteiger charge is -2.17. The molecule has 0 unspecified atom stereocenters. The van der Waals surface area contributed by atoms with Crippen LogP contribution in [0.15, 0.2) is 29.3 Å². The van der Waals surface area contributed by atoms with Gasteiger partial charge in [0.15, 0.2) is 0 Å². The molecule has 0 fully saturated rings. The summed E-state index contributed by atoms with van der Waals surface area (Å²) in [5, 5.41) is 0. The molecule has 0 bridgehead atoms. The molecule has 1 aromatic carbocycles. The lowest BCUT2D eigenvalue weighted by atomic mass is 10.2. The number of methoxy groups -OCH3 is 1. The molecule has 0 atom stereocenters. The van der Waals surface area contributed by atoms with Gasteiger partial charge >= 0.3 is 6.09 Å². The zero-order chi connectivity index (χ0) is 18.4. The van der Waals surface area contributed by atoms with Crippen molar-refractivity contribution >= 4 is 18.6 Å². The largest absolute Gasteiger partial charge is 0.497 e. The molecule has 0 radical (unpaired) electrons. The summed E-state index contributed by atoms with van der Waals surface area (Å²) >= 11 is 0. The van der Waals surface area contributed by atoms with Crippen LogP contribution >= 0.6 is 0 Å². The molecule has 5 nitrogen and oxygen atoms in total. The molecule has 0 heterocycles. The number of carbonyl (C=O) groups is 2. The summed E-state index contributed by atoms with van der Waals surface area (Å²) in [5.41, 5.74) is 0.297. The van der Waals surface area contributed by atoms with Crippen LogP contribution in [-0.4, -0.2) is 31.3 Å². The highest BCUT2D eigenvalue weighted by Gasteiger charge is 2.14. The number of aliphatic imine (C=N–C) groups is 1. The van der Waals surface area contributed by atoms with E-state index in [0.717, 1.165) is 30.4 Å². The van der Waals surface area contributed by atoms with E-state index in [-0.39, 0.29) is 0 Å². The van der Waals surface area contributed by atoms with Crippen LogP contribution in [0.3, 0.4) is 0 Å². The van der Waals surface area contributed by atoms with Crippen molar-refractivity contribution in [1.82, 2.24) is 0 Å². The van der Waals surface area contributed by atoms with Gasteiger partial charge in [-0.2, -0.15) is 4.99 Å². The number of ether oxygens (including phenoxy) is 2. The summed E-state index contributed by atoms with van der Waals surface area (Å²) in [7, 11) is 1.60. The maximum absolute atomic E-state index is 11.3. The molecule has 24 heavy (non-hydrogen) atoms. The van der Waals surface area contributed by atoms with E-state index in [1.54, 1.807) is 40.0 Å². The number of nitrogens with zero attached hydrogens (tertiary/aromatic N) is 1. The first kappa shape index (κ1) is 21.8. The van der Waals surface area contributed by atoms with Crippen molar-refractivity contribution in [2.24, 2.45) is 4.99 Å². The van der Waals surface area contributed by atoms with Crippen molar-refractivity contribution in [3.8, 4) is 5.75 Å². The van der Waals surface area contributed by atoms with Crippen LogP contribution in [0.2, 0.25) is 0 Å². The highest BCUT2D eigenvalue weighted by atomic mass is 16.6. The minimum atomic E-state index is -0.590. The number of hydrogen-bond acceptors (Lipinski definition) is 4. The van der Waals surface area contributed by atoms with Crippen LogP contribution in [0, 0.1) is 0 Å². The number of benzene rings is 1. The Morgan fingerprint density at radius 1 is 1.17 bits per heavy atom. The van der Waals surface area contributed by atoms with Crippen molar-refractivity contribution in [2.45, 2.75) is 59.0 Å². The van der Waals surface area contributed by atoms with E-state index in [1.165, 1.54) is 19.1 Å². The predicted molar refractivity (Wildman–Crippen MR) is 97.0 cm³/mol. The molecule has 0 saturated carbocycles. The smallest absolute Gasteiger partial charge is 0.434 e. The Labute approximate surface area is 145 Å². The first-order valence-corrected chi connectivity index (χ1v) is 8.17. The Balaban J connectivity index is 0.000000640. The molecule has 0 aliphatic carbocycles. The zero-order valence-electron chi connectivity index (χ0n) is 15.4. The number of aldehydes is 1. The van der Waals surface area contributed by atoms with Gasteiger partial charge in [0, 0.05) is 12.6 Å². The Bertz CT molecular complexity index is 501. The summed E-state index contributed by atoms with van der Waals surface area (Å²) < 4.78 is 10.1.